The van der Waals surface area contributed by atoms with E-state index in [2.05, 4.69) is 15.7 Å². The zero-order valence-corrected chi connectivity index (χ0v) is 13.7. The second-order valence-corrected chi connectivity index (χ2v) is 7.23. The minimum atomic E-state index is -3.26. The molecule has 124 valence electrons. The van der Waals surface area contributed by atoms with Crippen LogP contribution in [0.25, 0.3) is 0 Å². The number of carbonyl (C=O) groups excluding carboxylic acids is 1. The summed E-state index contributed by atoms with van der Waals surface area (Å²) < 4.78 is 25.7. The summed E-state index contributed by atoms with van der Waals surface area (Å²) in [5.41, 5.74) is 1.31. The topological polar surface area (TPSA) is 93.1 Å². The standard InChI is InChI=1S/C15H20N4O3S/c1-2-19-11-14(10-17-19)18-15(20)16-8-9-23(21,22)12-13-6-4-3-5-7-13/h3-7,10-11H,2,8-9,12H2,1H3,(H2,16,18,20). The van der Waals surface area contributed by atoms with E-state index < -0.39 is 15.9 Å². The lowest BCUT2D eigenvalue weighted by Crippen LogP contribution is -2.33. The van der Waals surface area contributed by atoms with Crippen LogP contribution in [0, 0.1) is 0 Å². The van der Waals surface area contributed by atoms with E-state index in [-0.39, 0.29) is 18.1 Å². The predicted molar refractivity (Wildman–Crippen MR) is 88.9 cm³/mol. The van der Waals surface area contributed by atoms with Gasteiger partial charge in [0.15, 0.2) is 9.84 Å². The van der Waals surface area contributed by atoms with E-state index in [0.717, 1.165) is 5.56 Å². The van der Waals surface area contributed by atoms with Crippen LogP contribution in [-0.2, 0) is 22.1 Å². The number of urea groups is 1. The number of anilines is 1. The van der Waals surface area contributed by atoms with Gasteiger partial charge in [-0.25, -0.2) is 13.2 Å². The smallest absolute Gasteiger partial charge is 0.319 e. The zero-order chi connectivity index (χ0) is 16.7. The highest BCUT2D eigenvalue weighted by molar-refractivity contribution is 7.90. The molecule has 0 aliphatic rings. The second kappa shape index (κ2) is 7.77. The van der Waals surface area contributed by atoms with Gasteiger partial charge in [-0.05, 0) is 12.5 Å². The first-order valence-corrected chi connectivity index (χ1v) is 9.12. The molecule has 0 aliphatic carbocycles. The molecule has 0 bridgehead atoms. The first-order valence-electron chi connectivity index (χ1n) is 7.30. The first kappa shape index (κ1) is 17.0. The van der Waals surface area contributed by atoms with Crippen LogP contribution < -0.4 is 10.6 Å². The van der Waals surface area contributed by atoms with Crippen molar-refractivity contribution in [3.63, 3.8) is 0 Å². The molecular formula is C15H20N4O3S. The minimum Gasteiger partial charge on any atom is -0.337 e. The van der Waals surface area contributed by atoms with Crippen molar-refractivity contribution in [2.75, 3.05) is 17.6 Å². The lowest BCUT2D eigenvalue weighted by Gasteiger charge is -2.07. The largest absolute Gasteiger partial charge is 0.337 e. The van der Waals surface area contributed by atoms with E-state index in [1.54, 1.807) is 35.1 Å². The molecule has 2 rings (SSSR count). The fourth-order valence-corrected chi connectivity index (χ4v) is 3.25. The van der Waals surface area contributed by atoms with Crippen molar-refractivity contribution < 1.29 is 13.2 Å². The lowest BCUT2D eigenvalue weighted by molar-refractivity contribution is 0.252. The number of rotatable bonds is 7. The molecule has 2 aromatic rings. The number of hydrogen-bond acceptors (Lipinski definition) is 4. The van der Waals surface area contributed by atoms with Gasteiger partial charge in [0.1, 0.15) is 0 Å². The van der Waals surface area contributed by atoms with Gasteiger partial charge >= 0.3 is 6.03 Å². The van der Waals surface area contributed by atoms with Gasteiger partial charge in [0.2, 0.25) is 0 Å². The highest BCUT2D eigenvalue weighted by Crippen LogP contribution is 2.06. The van der Waals surface area contributed by atoms with Crippen molar-refractivity contribution in [1.82, 2.24) is 15.1 Å². The van der Waals surface area contributed by atoms with Crippen LogP contribution in [0.1, 0.15) is 12.5 Å². The molecule has 0 atom stereocenters. The van der Waals surface area contributed by atoms with E-state index in [0.29, 0.717) is 12.2 Å². The molecule has 0 saturated carbocycles. The normalized spacial score (nSPS) is 11.2. The van der Waals surface area contributed by atoms with E-state index in [1.807, 2.05) is 13.0 Å². The van der Waals surface area contributed by atoms with Crippen molar-refractivity contribution >= 4 is 21.6 Å². The Balaban J connectivity index is 1.76. The molecule has 0 saturated heterocycles. The minimum absolute atomic E-state index is 0.0274. The fourth-order valence-electron chi connectivity index (χ4n) is 2.00. The SMILES string of the molecule is CCn1cc(NC(=O)NCCS(=O)(=O)Cc2ccccc2)cn1. The Morgan fingerprint density at radius 2 is 2.00 bits per heavy atom. The number of nitrogens with zero attached hydrogens (tertiary/aromatic N) is 2. The van der Waals surface area contributed by atoms with Gasteiger partial charge < -0.3 is 10.6 Å². The Morgan fingerprint density at radius 1 is 1.26 bits per heavy atom. The number of aromatic nitrogens is 2. The molecule has 0 radical (unpaired) electrons. The van der Waals surface area contributed by atoms with Crippen LogP contribution >= 0.6 is 0 Å². The van der Waals surface area contributed by atoms with Crippen molar-refractivity contribution in [3.05, 3.63) is 48.3 Å². The van der Waals surface area contributed by atoms with Crippen molar-refractivity contribution in [2.45, 2.75) is 19.2 Å². The van der Waals surface area contributed by atoms with Gasteiger partial charge in [-0.15, -0.1) is 0 Å². The highest BCUT2D eigenvalue weighted by atomic mass is 32.2. The lowest BCUT2D eigenvalue weighted by atomic mass is 10.2. The number of sulfone groups is 1. The van der Waals surface area contributed by atoms with Crippen LogP contribution in [0.5, 0.6) is 0 Å². The molecule has 8 heteroatoms. The Hall–Kier alpha value is -2.35. The average Bonchev–Trinajstić information content (AvgIpc) is 2.95. The molecular weight excluding hydrogens is 316 g/mol. The summed E-state index contributed by atoms with van der Waals surface area (Å²) in [7, 11) is -3.26. The van der Waals surface area contributed by atoms with Gasteiger partial charge in [0.05, 0.1) is 23.4 Å². The maximum atomic E-state index is 12.0. The summed E-state index contributed by atoms with van der Waals surface area (Å²) in [4.78, 5) is 11.7. The Bertz CT molecular complexity index is 741. The van der Waals surface area contributed by atoms with E-state index in [4.69, 9.17) is 0 Å². The summed E-state index contributed by atoms with van der Waals surface area (Å²) in [6.45, 7) is 2.71. The molecule has 0 aliphatic heterocycles. The van der Waals surface area contributed by atoms with Gasteiger partial charge in [0, 0.05) is 19.3 Å². The summed E-state index contributed by atoms with van der Waals surface area (Å²) in [6, 6.07) is 8.52. The highest BCUT2D eigenvalue weighted by Gasteiger charge is 2.12. The van der Waals surface area contributed by atoms with Crippen molar-refractivity contribution in [1.29, 1.82) is 0 Å². The molecule has 1 aromatic carbocycles. The van der Waals surface area contributed by atoms with Gasteiger partial charge in [-0.3, -0.25) is 4.68 Å². The monoisotopic (exact) mass is 336 g/mol. The van der Waals surface area contributed by atoms with Gasteiger partial charge in [-0.1, -0.05) is 30.3 Å². The van der Waals surface area contributed by atoms with Crippen LogP contribution in [0.15, 0.2) is 42.7 Å². The number of carbonyl (C=O) groups is 1. The predicted octanol–water partition coefficient (Wildman–Crippen LogP) is 1.64. The summed E-state index contributed by atoms with van der Waals surface area (Å²) in [6.07, 6.45) is 3.24. The molecule has 1 aromatic heterocycles. The van der Waals surface area contributed by atoms with Crippen LogP contribution in [0.4, 0.5) is 10.5 Å². The van der Waals surface area contributed by atoms with Crippen LogP contribution in [0.3, 0.4) is 0 Å². The van der Waals surface area contributed by atoms with Crippen molar-refractivity contribution in [3.8, 4) is 0 Å². The zero-order valence-electron chi connectivity index (χ0n) is 12.9. The number of aryl methyl sites for hydroxylation is 1. The molecule has 23 heavy (non-hydrogen) atoms. The molecule has 2 amide bonds. The van der Waals surface area contributed by atoms with E-state index in [9.17, 15) is 13.2 Å². The third-order valence-electron chi connectivity index (χ3n) is 3.14. The molecule has 0 spiro atoms. The third-order valence-corrected chi connectivity index (χ3v) is 4.74. The van der Waals surface area contributed by atoms with Crippen LogP contribution in [0.2, 0.25) is 0 Å². The van der Waals surface area contributed by atoms with Crippen LogP contribution in [-0.4, -0.2) is 36.5 Å². The molecule has 7 nitrogen and oxygen atoms in total. The maximum Gasteiger partial charge on any atom is 0.319 e. The summed E-state index contributed by atoms with van der Waals surface area (Å²) in [5.74, 6) is -0.135. The Morgan fingerprint density at radius 3 is 2.65 bits per heavy atom. The molecule has 2 N–H and O–H groups in total. The Labute approximate surface area is 135 Å². The molecule has 0 unspecified atom stereocenters. The summed E-state index contributed by atoms with van der Waals surface area (Å²) >= 11 is 0. The maximum absolute atomic E-state index is 12.0. The first-order chi connectivity index (χ1) is 11.0. The molecule has 1 heterocycles. The number of amides is 2. The number of nitrogens with one attached hydrogen (secondary N) is 2. The van der Waals surface area contributed by atoms with Gasteiger partial charge in [-0.2, -0.15) is 5.10 Å². The third kappa shape index (κ3) is 5.74. The summed E-state index contributed by atoms with van der Waals surface area (Å²) in [5, 5.41) is 9.17. The second-order valence-electron chi connectivity index (χ2n) is 5.04. The number of benzene rings is 1. The quantitative estimate of drug-likeness (QED) is 0.804. The van der Waals surface area contributed by atoms with Gasteiger partial charge in [0.25, 0.3) is 0 Å². The molecule has 0 fully saturated rings. The Kier molecular flexibility index (Phi) is 5.75. The number of hydrogen-bond donors (Lipinski definition) is 2. The van der Waals surface area contributed by atoms with E-state index in [1.165, 1.54) is 6.20 Å². The average molecular weight is 336 g/mol. The van der Waals surface area contributed by atoms with E-state index >= 15 is 0 Å². The fraction of sp³-hybridized carbons (Fsp3) is 0.333. The van der Waals surface area contributed by atoms with Crippen molar-refractivity contribution in [2.24, 2.45) is 0 Å².